The smallest absolute Gasteiger partial charge is 0.262 e. The van der Waals surface area contributed by atoms with E-state index in [0.717, 1.165) is 0 Å². The van der Waals surface area contributed by atoms with Gasteiger partial charge in [-0.1, -0.05) is 11.6 Å². The molecule has 0 radical (unpaired) electrons. The highest BCUT2D eigenvalue weighted by atomic mass is 35.5. The second kappa shape index (κ2) is 8.55. The van der Waals surface area contributed by atoms with Crippen LogP contribution in [-0.4, -0.2) is 35.9 Å². The van der Waals surface area contributed by atoms with E-state index >= 15 is 0 Å². The number of carbonyl (C=O) groups is 1. The predicted octanol–water partition coefficient (Wildman–Crippen LogP) is 1.83. The van der Waals surface area contributed by atoms with Gasteiger partial charge in [-0.3, -0.25) is 9.59 Å². The number of benzene rings is 1. The van der Waals surface area contributed by atoms with Crippen molar-refractivity contribution in [2.45, 2.75) is 13.5 Å². The van der Waals surface area contributed by atoms with E-state index in [4.69, 9.17) is 26.2 Å². The van der Waals surface area contributed by atoms with Crippen molar-refractivity contribution in [2.75, 3.05) is 25.6 Å². The Labute approximate surface area is 149 Å². The van der Waals surface area contributed by atoms with E-state index in [2.05, 4.69) is 5.32 Å². The lowest BCUT2D eigenvalue weighted by Gasteiger charge is -2.14. The lowest BCUT2D eigenvalue weighted by atomic mass is 10.3. The molecule has 25 heavy (non-hydrogen) atoms. The summed E-state index contributed by atoms with van der Waals surface area (Å²) in [5, 5.41) is 12.1. The van der Waals surface area contributed by atoms with Gasteiger partial charge in [0.2, 0.25) is 5.43 Å². The molecule has 1 aromatic carbocycles. The molecular weight excluding hydrogens is 348 g/mol. The Kier molecular flexibility index (Phi) is 6.44. The van der Waals surface area contributed by atoms with Crippen LogP contribution in [0, 0.1) is 6.92 Å². The summed E-state index contributed by atoms with van der Waals surface area (Å²) in [5.41, 5.74) is 0.612. The van der Waals surface area contributed by atoms with Crippen LogP contribution < -0.4 is 20.2 Å². The van der Waals surface area contributed by atoms with E-state index in [-0.39, 0.29) is 24.4 Å². The Bertz CT molecular complexity index is 819. The van der Waals surface area contributed by atoms with Crippen LogP contribution >= 0.6 is 11.6 Å². The second-order valence-corrected chi connectivity index (χ2v) is 5.63. The summed E-state index contributed by atoms with van der Waals surface area (Å²) in [6, 6.07) is 6.16. The van der Waals surface area contributed by atoms with Gasteiger partial charge in [-0.05, 0) is 25.1 Å². The van der Waals surface area contributed by atoms with Crippen LogP contribution in [0.4, 0.5) is 5.69 Å². The monoisotopic (exact) mass is 366 g/mol. The Hall–Kier alpha value is -2.51. The van der Waals surface area contributed by atoms with Crippen LogP contribution in [0.25, 0.3) is 0 Å². The second-order valence-electron chi connectivity index (χ2n) is 5.19. The van der Waals surface area contributed by atoms with Crippen LogP contribution in [0.5, 0.6) is 11.5 Å². The largest absolute Gasteiger partial charge is 0.495 e. The molecule has 0 saturated heterocycles. The van der Waals surface area contributed by atoms with Gasteiger partial charge >= 0.3 is 0 Å². The number of methoxy groups -OCH3 is 1. The number of aliphatic hydroxyl groups excluding tert-OH is 1. The van der Waals surface area contributed by atoms with E-state index in [1.807, 2.05) is 0 Å². The topological polar surface area (TPSA) is 89.8 Å². The standard InChI is InChI=1S/C17H19ClN2O5/c1-11-17(14(22)5-6-20(11)7-8-21)25-10-16(23)19-13-9-12(18)3-4-15(13)24-2/h3-6,9,21H,7-8,10H2,1-2H3,(H,19,23). The minimum Gasteiger partial charge on any atom is -0.495 e. The Morgan fingerprint density at radius 2 is 2.12 bits per heavy atom. The molecule has 0 atom stereocenters. The molecule has 0 spiro atoms. The first-order valence-corrected chi connectivity index (χ1v) is 7.91. The third kappa shape index (κ3) is 4.74. The summed E-state index contributed by atoms with van der Waals surface area (Å²) < 4.78 is 12.2. The molecule has 134 valence electrons. The number of hydrogen-bond acceptors (Lipinski definition) is 5. The fourth-order valence-electron chi connectivity index (χ4n) is 2.28. The van der Waals surface area contributed by atoms with Crippen molar-refractivity contribution in [3.05, 3.63) is 51.4 Å². The Morgan fingerprint density at radius 1 is 1.36 bits per heavy atom. The van der Waals surface area contributed by atoms with E-state index < -0.39 is 5.91 Å². The summed E-state index contributed by atoms with van der Waals surface area (Å²) >= 11 is 5.92. The highest BCUT2D eigenvalue weighted by Gasteiger charge is 2.13. The molecule has 8 heteroatoms. The fourth-order valence-corrected chi connectivity index (χ4v) is 2.45. The maximum Gasteiger partial charge on any atom is 0.262 e. The molecule has 0 aliphatic carbocycles. The van der Waals surface area contributed by atoms with Gasteiger partial charge in [0, 0.05) is 23.8 Å². The van der Waals surface area contributed by atoms with Crippen molar-refractivity contribution in [1.29, 1.82) is 0 Å². The molecular formula is C17H19ClN2O5. The normalized spacial score (nSPS) is 10.4. The quantitative estimate of drug-likeness (QED) is 0.780. The van der Waals surface area contributed by atoms with Crippen LogP contribution in [0.2, 0.25) is 5.02 Å². The van der Waals surface area contributed by atoms with Gasteiger partial charge in [-0.15, -0.1) is 0 Å². The number of nitrogens with zero attached hydrogens (tertiary/aromatic N) is 1. The van der Waals surface area contributed by atoms with Crippen LogP contribution in [-0.2, 0) is 11.3 Å². The Morgan fingerprint density at radius 3 is 2.80 bits per heavy atom. The molecule has 1 amide bonds. The van der Waals surface area contributed by atoms with E-state index in [1.54, 1.807) is 35.9 Å². The van der Waals surface area contributed by atoms with Crippen LogP contribution in [0.1, 0.15) is 5.69 Å². The van der Waals surface area contributed by atoms with E-state index in [1.165, 1.54) is 13.2 Å². The molecule has 1 aromatic heterocycles. The van der Waals surface area contributed by atoms with Gasteiger partial charge in [0.25, 0.3) is 5.91 Å². The highest BCUT2D eigenvalue weighted by molar-refractivity contribution is 6.31. The van der Waals surface area contributed by atoms with Gasteiger partial charge in [-0.2, -0.15) is 0 Å². The third-order valence-electron chi connectivity index (χ3n) is 3.51. The summed E-state index contributed by atoms with van der Waals surface area (Å²) in [7, 11) is 1.48. The number of anilines is 1. The molecule has 1 heterocycles. The third-order valence-corrected chi connectivity index (χ3v) is 3.75. The number of pyridine rings is 1. The lowest BCUT2D eigenvalue weighted by Crippen LogP contribution is -2.24. The number of hydrogen-bond donors (Lipinski definition) is 2. The maximum atomic E-state index is 12.1. The lowest BCUT2D eigenvalue weighted by molar-refractivity contribution is -0.118. The van der Waals surface area contributed by atoms with Gasteiger partial charge in [0.1, 0.15) is 5.75 Å². The summed E-state index contributed by atoms with van der Waals surface area (Å²) in [5.74, 6) is 0.0695. The molecule has 2 aromatic rings. The van der Waals surface area contributed by atoms with Crippen LogP contribution in [0.15, 0.2) is 35.3 Å². The highest BCUT2D eigenvalue weighted by Crippen LogP contribution is 2.27. The number of aromatic nitrogens is 1. The first-order valence-electron chi connectivity index (χ1n) is 7.53. The van der Waals surface area contributed by atoms with Crippen molar-refractivity contribution < 1.29 is 19.4 Å². The Balaban J connectivity index is 2.09. The van der Waals surface area contributed by atoms with Gasteiger partial charge in [0.05, 0.1) is 25.1 Å². The van der Waals surface area contributed by atoms with E-state index in [9.17, 15) is 9.59 Å². The number of amides is 1. The van der Waals surface area contributed by atoms with Gasteiger partial charge < -0.3 is 24.5 Å². The molecule has 2 N–H and O–H groups in total. The van der Waals surface area contributed by atoms with Crippen molar-refractivity contribution in [3.63, 3.8) is 0 Å². The first kappa shape index (κ1) is 18.8. The molecule has 0 aliphatic rings. The minimum atomic E-state index is -0.461. The van der Waals surface area contributed by atoms with Crippen LogP contribution in [0.3, 0.4) is 0 Å². The number of nitrogens with one attached hydrogen (secondary N) is 1. The van der Waals surface area contributed by atoms with Crippen molar-refractivity contribution >= 4 is 23.2 Å². The van der Waals surface area contributed by atoms with E-state index in [0.29, 0.717) is 28.7 Å². The maximum absolute atomic E-state index is 12.1. The minimum absolute atomic E-state index is 0.0712. The summed E-state index contributed by atoms with van der Waals surface area (Å²) in [4.78, 5) is 24.1. The van der Waals surface area contributed by atoms with Gasteiger partial charge in [-0.25, -0.2) is 0 Å². The number of halogens is 1. The van der Waals surface area contributed by atoms with Crippen molar-refractivity contribution in [2.24, 2.45) is 0 Å². The molecule has 0 bridgehead atoms. The molecule has 0 unspecified atom stereocenters. The molecule has 7 nitrogen and oxygen atoms in total. The number of aliphatic hydroxyl groups is 1. The number of ether oxygens (including phenoxy) is 2. The van der Waals surface area contributed by atoms with Crippen molar-refractivity contribution in [3.8, 4) is 11.5 Å². The molecule has 0 fully saturated rings. The molecule has 0 saturated carbocycles. The molecule has 2 rings (SSSR count). The number of carbonyl (C=O) groups excluding carboxylic acids is 1. The predicted molar refractivity (Wildman–Crippen MR) is 94.7 cm³/mol. The summed E-state index contributed by atoms with van der Waals surface area (Å²) in [6.45, 7) is 1.59. The average molecular weight is 367 g/mol. The molecule has 0 aliphatic heterocycles. The SMILES string of the molecule is COc1ccc(Cl)cc1NC(=O)COc1c(C)n(CCO)ccc1=O. The summed E-state index contributed by atoms with van der Waals surface area (Å²) in [6.07, 6.45) is 1.57. The van der Waals surface area contributed by atoms with Crippen molar-refractivity contribution in [1.82, 2.24) is 4.57 Å². The van der Waals surface area contributed by atoms with Gasteiger partial charge in [0.15, 0.2) is 12.4 Å². The average Bonchev–Trinajstić information content (AvgIpc) is 2.57. The fraction of sp³-hybridized carbons (Fsp3) is 0.294. The zero-order chi connectivity index (χ0) is 18.4. The number of rotatable bonds is 7. The zero-order valence-corrected chi connectivity index (χ0v) is 14.7. The first-order chi connectivity index (χ1) is 12.0. The zero-order valence-electron chi connectivity index (χ0n) is 13.9.